The van der Waals surface area contributed by atoms with Crippen molar-refractivity contribution < 1.29 is 14.3 Å². The van der Waals surface area contributed by atoms with Crippen LogP contribution in [0.25, 0.3) is 0 Å². The number of methoxy groups -OCH3 is 1. The molecule has 1 fully saturated rings. The lowest BCUT2D eigenvalue weighted by atomic mass is 10.1. The molecule has 0 spiro atoms. The molecule has 0 N–H and O–H groups in total. The van der Waals surface area contributed by atoms with Crippen molar-refractivity contribution >= 4 is 5.91 Å². The SMILES string of the molecule is COc1ccc(CC2CN(C(=O)c3ccccc3)CCO2)cc1. The van der Waals surface area contributed by atoms with Crippen molar-refractivity contribution in [1.82, 2.24) is 4.90 Å². The van der Waals surface area contributed by atoms with Crippen LogP contribution in [0.15, 0.2) is 54.6 Å². The van der Waals surface area contributed by atoms with Gasteiger partial charge in [-0.1, -0.05) is 30.3 Å². The van der Waals surface area contributed by atoms with E-state index < -0.39 is 0 Å². The molecule has 1 unspecified atom stereocenters. The van der Waals surface area contributed by atoms with Gasteiger partial charge in [-0.3, -0.25) is 4.79 Å². The van der Waals surface area contributed by atoms with E-state index in [0.29, 0.717) is 19.7 Å². The Balaban J connectivity index is 1.62. The Kier molecular flexibility index (Phi) is 4.93. The molecule has 0 bridgehead atoms. The van der Waals surface area contributed by atoms with Gasteiger partial charge in [-0.2, -0.15) is 0 Å². The van der Waals surface area contributed by atoms with Gasteiger partial charge in [0.2, 0.25) is 0 Å². The van der Waals surface area contributed by atoms with E-state index in [4.69, 9.17) is 9.47 Å². The second-order valence-electron chi connectivity index (χ2n) is 5.66. The Hall–Kier alpha value is -2.33. The number of ether oxygens (including phenoxy) is 2. The van der Waals surface area contributed by atoms with Crippen LogP contribution in [0.3, 0.4) is 0 Å². The Morgan fingerprint density at radius 1 is 1.17 bits per heavy atom. The Bertz CT molecular complexity index is 639. The first-order valence-electron chi connectivity index (χ1n) is 7.85. The summed E-state index contributed by atoms with van der Waals surface area (Å²) < 4.78 is 11.0. The van der Waals surface area contributed by atoms with Gasteiger partial charge >= 0.3 is 0 Å². The van der Waals surface area contributed by atoms with Crippen molar-refractivity contribution in [2.24, 2.45) is 0 Å². The van der Waals surface area contributed by atoms with E-state index in [9.17, 15) is 4.79 Å². The van der Waals surface area contributed by atoms with E-state index in [0.717, 1.165) is 17.7 Å². The zero-order valence-corrected chi connectivity index (χ0v) is 13.3. The molecular formula is C19H21NO3. The van der Waals surface area contributed by atoms with Crippen LogP contribution < -0.4 is 4.74 Å². The third-order valence-corrected chi connectivity index (χ3v) is 4.07. The molecule has 2 aromatic carbocycles. The summed E-state index contributed by atoms with van der Waals surface area (Å²) in [7, 11) is 1.66. The standard InChI is InChI=1S/C19H21NO3/c1-22-17-9-7-15(8-10-17)13-18-14-20(11-12-23-18)19(21)16-5-3-2-4-6-16/h2-10,18H,11-14H2,1H3. The van der Waals surface area contributed by atoms with Gasteiger partial charge in [0, 0.05) is 25.1 Å². The quantitative estimate of drug-likeness (QED) is 0.871. The summed E-state index contributed by atoms with van der Waals surface area (Å²) in [6.45, 7) is 1.85. The molecule has 1 heterocycles. The summed E-state index contributed by atoms with van der Waals surface area (Å²) in [5, 5.41) is 0. The van der Waals surface area contributed by atoms with Crippen LogP contribution in [0.4, 0.5) is 0 Å². The highest BCUT2D eigenvalue weighted by Crippen LogP contribution is 2.17. The van der Waals surface area contributed by atoms with Crippen LogP contribution in [0.2, 0.25) is 0 Å². The molecular weight excluding hydrogens is 290 g/mol. The van der Waals surface area contributed by atoms with Gasteiger partial charge in [0.05, 0.1) is 19.8 Å². The van der Waals surface area contributed by atoms with Gasteiger partial charge in [0.25, 0.3) is 5.91 Å². The zero-order chi connectivity index (χ0) is 16.1. The number of hydrogen-bond acceptors (Lipinski definition) is 3. The number of rotatable bonds is 4. The molecule has 3 rings (SSSR count). The molecule has 1 aliphatic heterocycles. The van der Waals surface area contributed by atoms with Crippen molar-refractivity contribution in [3.63, 3.8) is 0 Å². The van der Waals surface area contributed by atoms with Gasteiger partial charge in [0.1, 0.15) is 5.75 Å². The summed E-state index contributed by atoms with van der Waals surface area (Å²) in [6.07, 6.45) is 0.826. The average molecular weight is 311 g/mol. The minimum atomic E-state index is 0.0322. The van der Waals surface area contributed by atoms with Gasteiger partial charge in [-0.05, 0) is 29.8 Å². The van der Waals surface area contributed by atoms with Crippen molar-refractivity contribution in [3.05, 3.63) is 65.7 Å². The average Bonchev–Trinajstić information content (AvgIpc) is 2.63. The maximum atomic E-state index is 12.5. The highest BCUT2D eigenvalue weighted by atomic mass is 16.5. The zero-order valence-electron chi connectivity index (χ0n) is 13.3. The molecule has 4 heteroatoms. The van der Waals surface area contributed by atoms with Crippen LogP contribution in [-0.4, -0.2) is 43.7 Å². The molecule has 0 aliphatic carbocycles. The molecule has 4 nitrogen and oxygen atoms in total. The van der Waals surface area contributed by atoms with Crippen LogP contribution in [0.5, 0.6) is 5.75 Å². The topological polar surface area (TPSA) is 38.8 Å². The number of nitrogens with zero attached hydrogens (tertiary/aromatic N) is 1. The second-order valence-corrected chi connectivity index (χ2v) is 5.66. The predicted molar refractivity (Wildman–Crippen MR) is 88.8 cm³/mol. The first kappa shape index (κ1) is 15.6. The first-order chi connectivity index (χ1) is 11.3. The number of benzene rings is 2. The Labute approximate surface area is 136 Å². The summed E-state index contributed by atoms with van der Waals surface area (Å²) in [5.41, 5.74) is 1.92. The maximum Gasteiger partial charge on any atom is 0.254 e. The minimum Gasteiger partial charge on any atom is -0.497 e. The summed E-state index contributed by atoms with van der Waals surface area (Å²) in [4.78, 5) is 14.4. The predicted octanol–water partition coefficient (Wildman–Crippen LogP) is 2.78. The number of amides is 1. The fraction of sp³-hybridized carbons (Fsp3) is 0.316. The van der Waals surface area contributed by atoms with Crippen molar-refractivity contribution in [2.45, 2.75) is 12.5 Å². The van der Waals surface area contributed by atoms with Gasteiger partial charge in [-0.15, -0.1) is 0 Å². The minimum absolute atomic E-state index is 0.0322. The Morgan fingerprint density at radius 3 is 2.61 bits per heavy atom. The van der Waals surface area contributed by atoms with E-state index in [1.807, 2.05) is 59.5 Å². The molecule has 0 saturated carbocycles. The van der Waals surface area contributed by atoms with Crippen molar-refractivity contribution in [3.8, 4) is 5.75 Å². The highest BCUT2D eigenvalue weighted by molar-refractivity contribution is 5.94. The molecule has 23 heavy (non-hydrogen) atoms. The smallest absolute Gasteiger partial charge is 0.254 e. The van der Waals surface area contributed by atoms with Crippen LogP contribution in [0, 0.1) is 0 Å². The number of carbonyl (C=O) groups excluding carboxylic acids is 1. The number of hydrogen-bond donors (Lipinski definition) is 0. The molecule has 0 aromatic heterocycles. The molecule has 1 atom stereocenters. The van der Waals surface area contributed by atoms with E-state index in [1.54, 1.807) is 7.11 Å². The normalized spacial score (nSPS) is 17.8. The molecule has 1 saturated heterocycles. The lowest BCUT2D eigenvalue weighted by molar-refractivity contribution is -0.0208. The lowest BCUT2D eigenvalue weighted by Crippen LogP contribution is -2.46. The second kappa shape index (κ2) is 7.29. The van der Waals surface area contributed by atoms with Crippen LogP contribution >= 0.6 is 0 Å². The van der Waals surface area contributed by atoms with Crippen LogP contribution in [0.1, 0.15) is 15.9 Å². The molecule has 0 radical (unpaired) electrons. The van der Waals surface area contributed by atoms with Gasteiger partial charge < -0.3 is 14.4 Å². The maximum absolute atomic E-state index is 12.5. The fourth-order valence-corrected chi connectivity index (χ4v) is 2.82. The van der Waals surface area contributed by atoms with Crippen LogP contribution in [-0.2, 0) is 11.2 Å². The summed E-state index contributed by atoms with van der Waals surface area (Å²) in [6, 6.07) is 17.4. The Morgan fingerprint density at radius 2 is 1.91 bits per heavy atom. The van der Waals surface area contributed by atoms with Gasteiger partial charge in [0.15, 0.2) is 0 Å². The summed E-state index contributed by atoms with van der Waals surface area (Å²) >= 11 is 0. The van der Waals surface area contributed by atoms with E-state index in [-0.39, 0.29) is 12.0 Å². The van der Waals surface area contributed by atoms with Crippen molar-refractivity contribution in [1.29, 1.82) is 0 Å². The highest BCUT2D eigenvalue weighted by Gasteiger charge is 2.25. The van der Waals surface area contributed by atoms with Gasteiger partial charge in [-0.25, -0.2) is 0 Å². The van der Waals surface area contributed by atoms with Crippen molar-refractivity contribution in [2.75, 3.05) is 26.8 Å². The monoisotopic (exact) mass is 311 g/mol. The molecule has 120 valence electrons. The summed E-state index contributed by atoms with van der Waals surface area (Å²) in [5.74, 6) is 0.924. The molecule has 2 aromatic rings. The number of carbonyl (C=O) groups is 1. The fourth-order valence-electron chi connectivity index (χ4n) is 2.82. The van der Waals surface area contributed by atoms with E-state index in [1.165, 1.54) is 5.56 Å². The number of morpholine rings is 1. The largest absolute Gasteiger partial charge is 0.497 e. The lowest BCUT2D eigenvalue weighted by Gasteiger charge is -2.33. The third kappa shape index (κ3) is 3.90. The molecule has 1 amide bonds. The third-order valence-electron chi connectivity index (χ3n) is 4.07. The van der Waals surface area contributed by atoms with E-state index >= 15 is 0 Å². The molecule has 1 aliphatic rings. The van der Waals surface area contributed by atoms with E-state index in [2.05, 4.69) is 0 Å². The first-order valence-corrected chi connectivity index (χ1v) is 7.85.